The van der Waals surface area contributed by atoms with Gasteiger partial charge in [0.25, 0.3) is 5.91 Å². The fourth-order valence-corrected chi connectivity index (χ4v) is 3.02. The van der Waals surface area contributed by atoms with E-state index < -0.39 is 6.10 Å². The van der Waals surface area contributed by atoms with E-state index in [1.54, 1.807) is 25.1 Å². The Morgan fingerprint density at radius 1 is 1.45 bits per heavy atom. The predicted molar refractivity (Wildman–Crippen MR) is 89.8 cm³/mol. The van der Waals surface area contributed by atoms with Gasteiger partial charge in [-0.05, 0) is 45.0 Å². The second-order valence-electron chi connectivity index (χ2n) is 5.96. The highest BCUT2D eigenvalue weighted by molar-refractivity contribution is 6.42. The maximum absolute atomic E-state index is 12.3. The molecule has 122 valence electrons. The number of hydrogen-bond donors (Lipinski definition) is 1. The number of benzene rings is 1. The lowest BCUT2D eigenvalue weighted by Crippen LogP contribution is -2.51. The number of amides is 1. The minimum atomic E-state index is -0.622. The average Bonchev–Trinajstić information content (AvgIpc) is 2.46. The zero-order valence-electron chi connectivity index (χ0n) is 13.1. The maximum atomic E-state index is 12.3. The van der Waals surface area contributed by atoms with Crippen molar-refractivity contribution in [2.45, 2.75) is 32.4 Å². The van der Waals surface area contributed by atoms with Crippen LogP contribution in [0.25, 0.3) is 0 Å². The lowest BCUT2D eigenvalue weighted by Gasteiger charge is -2.35. The molecule has 1 N–H and O–H groups in total. The monoisotopic (exact) mass is 344 g/mol. The third-order valence-corrected chi connectivity index (χ3v) is 4.83. The number of nitrogens with zero attached hydrogens (tertiary/aromatic N) is 1. The summed E-state index contributed by atoms with van der Waals surface area (Å²) in [6.45, 7) is 5.84. The van der Waals surface area contributed by atoms with Crippen molar-refractivity contribution in [3.63, 3.8) is 0 Å². The van der Waals surface area contributed by atoms with Crippen molar-refractivity contribution < 1.29 is 9.53 Å². The van der Waals surface area contributed by atoms with Gasteiger partial charge in [-0.1, -0.05) is 36.2 Å². The molecule has 0 radical (unpaired) electrons. The van der Waals surface area contributed by atoms with Gasteiger partial charge < -0.3 is 15.0 Å². The van der Waals surface area contributed by atoms with Gasteiger partial charge in [-0.15, -0.1) is 0 Å². The van der Waals surface area contributed by atoms with Gasteiger partial charge in [0.2, 0.25) is 0 Å². The quantitative estimate of drug-likeness (QED) is 0.911. The van der Waals surface area contributed by atoms with Gasteiger partial charge in [0.1, 0.15) is 10.8 Å². The molecule has 0 spiro atoms. The molecule has 1 fully saturated rings. The summed E-state index contributed by atoms with van der Waals surface area (Å²) in [6.07, 6.45) is 0.330. The predicted octanol–water partition coefficient (Wildman–Crippen LogP) is 3.22. The van der Waals surface area contributed by atoms with Gasteiger partial charge in [0.05, 0.1) is 5.02 Å². The van der Waals surface area contributed by atoms with E-state index in [-0.39, 0.29) is 11.9 Å². The van der Waals surface area contributed by atoms with Crippen LogP contribution in [0, 0.1) is 5.92 Å². The zero-order valence-corrected chi connectivity index (χ0v) is 14.6. The van der Waals surface area contributed by atoms with E-state index in [0.29, 0.717) is 21.7 Å². The standard InChI is InChI=1S/C16H22Cl2N2O2/c1-10-9-20(3)8-7-13(10)19-16(21)11(2)22-14-6-4-5-12(17)15(14)18/h4-6,10-11,13H,7-9H2,1-3H3,(H,19,21)/t10-,11-,13-/m0/s1. The van der Waals surface area contributed by atoms with Gasteiger partial charge in [0.15, 0.2) is 6.10 Å². The van der Waals surface area contributed by atoms with Gasteiger partial charge in [-0.3, -0.25) is 4.79 Å². The summed E-state index contributed by atoms with van der Waals surface area (Å²) in [7, 11) is 2.10. The van der Waals surface area contributed by atoms with Crippen LogP contribution >= 0.6 is 23.2 Å². The Bertz CT molecular complexity index is 539. The number of nitrogens with one attached hydrogen (secondary N) is 1. The average molecular weight is 345 g/mol. The topological polar surface area (TPSA) is 41.6 Å². The molecule has 0 unspecified atom stereocenters. The van der Waals surface area contributed by atoms with E-state index in [1.165, 1.54) is 0 Å². The molecular weight excluding hydrogens is 323 g/mol. The molecular formula is C16H22Cl2N2O2. The first-order chi connectivity index (χ1) is 10.4. The number of piperidine rings is 1. The van der Waals surface area contributed by atoms with Crippen molar-refractivity contribution in [2.75, 3.05) is 20.1 Å². The van der Waals surface area contributed by atoms with Crippen molar-refractivity contribution >= 4 is 29.1 Å². The Balaban J connectivity index is 1.93. The first kappa shape index (κ1) is 17.4. The van der Waals surface area contributed by atoms with Gasteiger partial charge in [-0.25, -0.2) is 0 Å². The summed E-state index contributed by atoms with van der Waals surface area (Å²) in [5.74, 6) is 0.718. The molecule has 0 aromatic heterocycles. The molecule has 1 aromatic carbocycles. The molecule has 2 rings (SSSR count). The van der Waals surface area contributed by atoms with Crippen molar-refractivity contribution in [3.8, 4) is 5.75 Å². The van der Waals surface area contributed by atoms with Crippen LogP contribution in [-0.4, -0.2) is 43.1 Å². The molecule has 1 saturated heterocycles. The van der Waals surface area contributed by atoms with E-state index >= 15 is 0 Å². The first-order valence-electron chi connectivity index (χ1n) is 7.48. The normalized spacial score (nSPS) is 23.9. The molecule has 0 aliphatic carbocycles. The minimum Gasteiger partial charge on any atom is -0.479 e. The van der Waals surface area contributed by atoms with E-state index in [2.05, 4.69) is 24.2 Å². The minimum absolute atomic E-state index is 0.127. The van der Waals surface area contributed by atoms with E-state index in [0.717, 1.165) is 19.5 Å². The Hall–Kier alpha value is -0.970. The SMILES string of the molecule is C[C@H](Oc1cccc(Cl)c1Cl)C(=O)N[C@H]1CCN(C)C[C@@H]1C. The summed E-state index contributed by atoms with van der Waals surface area (Å²) in [5, 5.41) is 3.82. The van der Waals surface area contributed by atoms with Gasteiger partial charge in [-0.2, -0.15) is 0 Å². The smallest absolute Gasteiger partial charge is 0.261 e. The highest BCUT2D eigenvalue weighted by Crippen LogP contribution is 2.32. The Labute approximate surface area is 141 Å². The number of carbonyl (C=O) groups is 1. The Morgan fingerprint density at radius 2 is 2.18 bits per heavy atom. The van der Waals surface area contributed by atoms with Crippen LogP contribution in [0.4, 0.5) is 0 Å². The summed E-state index contributed by atoms with van der Waals surface area (Å²) >= 11 is 12.0. The van der Waals surface area contributed by atoms with Crippen molar-refractivity contribution in [2.24, 2.45) is 5.92 Å². The first-order valence-corrected chi connectivity index (χ1v) is 8.23. The molecule has 1 aromatic rings. The molecule has 22 heavy (non-hydrogen) atoms. The molecule has 1 aliphatic heterocycles. The largest absolute Gasteiger partial charge is 0.479 e. The van der Waals surface area contributed by atoms with Crippen LogP contribution < -0.4 is 10.1 Å². The maximum Gasteiger partial charge on any atom is 0.261 e. The van der Waals surface area contributed by atoms with Crippen LogP contribution in [0.3, 0.4) is 0 Å². The number of ether oxygens (including phenoxy) is 1. The fraction of sp³-hybridized carbons (Fsp3) is 0.562. The molecule has 6 heteroatoms. The number of rotatable bonds is 4. The van der Waals surface area contributed by atoms with Crippen LogP contribution in [0.2, 0.25) is 10.0 Å². The molecule has 0 bridgehead atoms. The molecule has 1 amide bonds. The van der Waals surface area contributed by atoms with Gasteiger partial charge in [0, 0.05) is 12.6 Å². The number of likely N-dealkylation sites (tertiary alicyclic amines) is 1. The third kappa shape index (κ3) is 4.28. The Kier molecular flexibility index (Phi) is 5.95. The summed E-state index contributed by atoms with van der Waals surface area (Å²) < 4.78 is 5.65. The molecule has 1 aliphatic rings. The van der Waals surface area contributed by atoms with E-state index in [1.807, 2.05) is 0 Å². The van der Waals surface area contributed by atoms with Gasteiger partial charge >= 0.3 is 0 Å². The number of carbonyl (C=O) groups excluding carboxylic acids is 1. The van der Waals surface area contributed by atoms with Crippen LogP contribution in [0.1, 0.15) is 20.3 Å². The highest BCUT2D eigenvalue weighted by Gasteiger charge is 2.27. The lowest BCUT2D eigenvalue weighted by atomic mass is 9.94. The second kappa shape index (κ2) is 7.53. The van der Waals surface area contributed by atoms with Crippen molar-refractivity contribution in [1.29, 1.82) is 0 Å². The Morgan fingerprint density at radius 3 is 2.86 bits per heavy atom. The zero-order chi connectivity index (χ0) is 16.3. The van der Waals surface area contributed by atoms with Crippen LogP contribution in [0.15, 0.2) is 18.2 Å². The lowest BCUT2D eigenvalue weighted by molar-refractivity contribution is -0.128. The molecule has 0 saturated carbocycles. The van der Waals surface area contributed by atoms with Crippen LogP contribution in [0.5, 0.6) is 5.75 Å². The van der Waals surface area contributed by atoms with Crippen LogP contribution in [-0.2, 0) is 4.79 Å². The van der Waals surface area contributed by atoms with E-state index in [4.69, 9.17) is 27.9 Å². The van der Waals surface area contributed by atoms with Crippen molar-refractivity contribution in [3.05, 3.63) is 28.2 Å². The molecule has 3 atom stereocenters. The van der Waals surface area contributed by atoms with E-state index in [9.17, 15) is 4.79 Å². The summed E-state index contributed by atoms with van der Waals surface area (Å²) in [4.78, 5) is 14.6. The summed E-state index contributed by atoms with van der Waals surface area (Å²) in [6, 6.07) is 5.31. The molecule has 1 heterocycles. The number of hydrogen-bond acceptors (Lipinski definition) is 3. The molecule has 4 nitrogen and oxygen atoms in total. The fourth-order valence-electron chi connectivity index (χ4n) is 2.69. The van der Waals surface area contributed by atoms with Crippen molar-refractivity contribution in [1.82, 2.24) is 10.2 Å². The third-order valence-electron chi connectivity index (χ3n) is 4.03. The highest BCUT2D eigenvalue weighted by atomic mass is 35.5. The summed E-state index contributed by atoms with van der Waals surface area (Å²) in [5.41, 5.74) is 0. The number of halogens is 2. The second-order valence-corrected chi connectivity index (χ2v) is 6.74.